The standard InChI is InChI=1S/C24H29N3O/c1-18(2)25-20-12-14-26(15-13-20)24(28)22-17-27(16-19-8-4-3-5-9-19)23-11-7-6-10-21(22)23/h3-11,17-18,20,25H,12-16H2,1-2H3. The van der Waals surface area contributed by atoms with E-state index in [2.05, 4.69) is 60.1 Å². The lowest BCUT2D eigenvalue weighted by Crippen LogP contribution is -2.46. The molecule has 1 N–H and O–H groups in total. The maximum Gasteiger partial charge on any atom is 0.256 e. The van der Waals surface area contributed by atoms with Crippen molar-refractivity contribution in [2.45, 2.75) is 45.3 Å². The van der Waals surface area contributed by atoms with E-state index in [-0.39, 0.29) is 5.91 Å². The highest BCUT2D eigenvalue weighted by Crippen LogP contribution is 2.25. The maximum absolute atomic E-state index is 13.3. The zero-order valence-electron chi connectivity index (χ0n) is 16.8. The van der Waals surface area contributed by atoms with Gasteiger partial charge >= 0.3 is 0 Å². The van der Waals surface area contributed by atoms with Crippen LogP contribution in [-0.2, 0) is 6.54 Å². The number of hydrogen-bond acceptors (Lipinski definition) is 2. The molecule has 1 saturated heterocycles. The molecular formula is C24H29N3O. The predicted octanol–water partition coefficient (Wildman–Crippen LogP) is 4.29. The van der Waals surface area contributed by atoms with Crippen molar-refractivity contribution in [3.63, 3.8) is 0 Å². The van der Waals surface area contributed by atoms with Crippen LogP contribution in [-0.4, -0.2) is 40.5 Å². The average molecular weight is 376 g/mol. The Labute approximate surface area is 167 Å². The smallest absolute Gasteiger partial charge is 0.256 e. The van der Waals surface area contributed by atoms with Gasteiger partial charge in [0.25, 0.3) is 5.91 Å². The molecule has 0 bridgehead atoms. The summed E-state index contributed by atoms with van der Waals surface area (Å²) >= 11 is 0. The number of nitrogens with one attached hydrogen (secondary N) is 1. The lowest BCUT2D eigenvalue weighted by molar-refractivity contribution is 0.0705. The van der Waals surface area contributed by atoms with E-state index in [0.717, 1.165) is 48.9 Å². The van der Waals surface area contributed by atoms with Gasteiger partial charge in [-0.2, -0.15) is 0 Å². The molecular weight excluding hydrogens is 346 g/mol. The Morgan fingerprint density at radius 2 is 1.71 bits per heavy atom. The molecule has 2 aromatic carbocycles. The number of carbonyl (C=O) groups excluding carboxylic acids is 1. The predicted molar refractivity (Wildman–Crippen MR) is 115 cm³/mol. The second-order valence-electron chi connectivity index (χ2n) is 8.06. The van der Waals surface area contributed by atoms with Crippen LogP contribution in [0, 0.1) is 0 Å². The first kappa shape index (κ1) is 18.8. The molecule has 3 aromatic rings. The Bertz CT molecular complexity index is 937. The van der Waals surface area contributed by atoms with Crippen LogP contribution in [0.4, 0.5) is 0 Å². The number of fused-ring (bicyclic) bond motifs is 1. The van der Waals surface area contributed by atoms with Crippen molar-refractivity contribution in [3.8, 4) is 0 Å². The molecule has 4 nitrogen and oxygen atoms in total. The van der Waals surface area contributed by atoms with Crippen LogP contribution in [0.2, 0.25) is 0 Å². The SMILES string of the molecule is CC(C)NC1CCN(C(=O)c2cn(Cc3ccccc3)c3ccccc23)CC1. The van der Waals surface area contributed by atoms with Crippen LogP contribution >= 0.6 is 0 Å². The molecule has 1 fully saturated rings. The first-order valence-electron chi connectivity index (χ1n) is 10.3. The summed E-state index contributed by atoms with van der Waals surface area (Å²) in [4.78, 5) is 15.3. The lowest BCUT2D eigenvalue weighted by Gasteiger charge is -2.33. The van der Waals surface area contributed by atoms with Gasteiger partial charge in [-0.1, -0.05) is 62.4 Å². The van der Waals surface area contributed by atoms with Crippen LogP contribution in [0.1, 0.15) is 42.6 Å². The van der Waals surface area contributed by atoms with Crippen LogP contribution < -0.4 is 5.32 Å². The van der Waals surface area contributed by atoms with Gasteiger partial charge in [-0.3, -0.25) is 4.79 Å². The first-order chi connectivity index (χ1) is 13.6. The van der Waals surface area contributed by atoms with Gasteiger partial charge in [-0.15, -0.1) is 0 Å². The highest BCUT2D eigenvalue weighted by molar-refractivity contribution is 6.07. The summed E-state index contributed by atoms with van der Waals surface area (Å²) in [5.41, 5.74) is 3.18. The van der Waals surface area contributed by atoms with Crippen molar-refractivity contribution in [1.82, 2.24) is 14.8 Å². The second kappa shape index (κ2) is 8.19. The molecule has 4 rings (SSSR count). The van der Waals surface area contributed by atoms with E-state index < -0.39 is 0 Å². The Hall–Kier alpha value is -2.59. The monoisotopic (exact) mass is 375 g/mol. The number of para-hydroxylation sites is 1. The van der Waals surface area contributed by atoms with Crippen molar-refractivity contribution in [2.75, 3.05) is 13.1 Å². The van der Waals surface area contributed by atoms with E-state index in [0.29, 0.717) is 12.1 Å². The molecule has 0 radical (unpaired) electrons. The van der Waals surface area contributed by atoms with E-state index in [9.17, 15) is 4.79 Å². The number of likely N-dealkylation sites (tertiary alicyclic amines) is 1. The summed E-state index contributed by atoms with van der Waals surface area (Å²) in [5.74, 6) is 0.158. The van der Waals surface area contributed by atoms with Crippen molar-refractivity contribution < 1.29 is 4.79 Å². The third-order valence-electron chi connectivity index (χ3n) is 5.57. The zero-order valence-corrected chi connectivity index (χ0v) is 16.8. The number of carbonyl (C=O) groups is 1. The largest absolute Gasteiger partial charge is 0.342 e. The van der Waals surface area contributed by atoms with Crippen LogP contribution in [0.15, 0.2) is 60.8 Å². The van der Waals surface area contributed by atoms with Gasteiger partial charge in [0.1, 0.15) is 0 Å². The molecule has 146 valence electrons. The van der Waals surface area contributed by atoms with Gasteiger partial charge in [0, 0.05) is 48.8 Å². The summed E-state index contributed by atoms with van der Waals surface area (Å²) < 4.78 is 2.20. The number of amides is 1. The quantitative estimate of drug-likeness (QED) is 0.722. The van der Waals surface area contributed by atoms with Crippen molar-refractivity contribution >= 4 is 16.8 Å². The van der Waals surface area contributed by atoms with Gasteiger partial charge in [-0.25, -0.2) is 0 Å². The van der Waals surface area contributed by atoms with E-state index in [1.165, 1.54) is 5.56 Å². The van der Waals surface area contributed by atoms with Gasteiger partial charge in [0.15, 0.2) is 0 Å². The molecule has 4 heteroatoms. The number of piperidine rings is 1. The van der Waals surface area contributed by atoms with E-state index in [1.807, 2.05) is 29.3 Å². The van der Waals surface area contributed by atoms with Crippen molar-refractivity contribution in [1.29, 1.82) is 0 Å². The van der Waals surface area contributed by atoms with Gasteiger partial charge < -0.3 is 14.8 Å². The van der Waals surface area contributed by atoms with Crippen molar-refractivity contribution in [3.05, 3.63) is 71.9 Å². The van der Waals surface area contributed by atoms with Crippen LogP contribution in [0.3, 0.4) is 0 Å². The lowest BCUT2D eigenvalue weighted by atomic mass is 10.0. The Kier molecular flexibility index (Phi) is 5.49. The minimum atomic E-state index is 0.158. The number of benzene rings is 2. The molecule has 0 saturated carbocycles. The minimum Gasteiger partial charge on any atom is -0.342 e. The van der Waals surface area contributed by atoms with E-state index in [1.54, 1.807) is 0 Å². The van der Waals surface area contributed by atoms with E-state index in [4.69, 9.17) is 0 Å². The maximum atomic E-state index is 13.3. The zero-order chi connectivity index (χ0) is 19.5. The van der Waals surface area contributed by atoms with Crippen LogP contribution in [0.5, 0.6) is 0 Å². The number of rotatable bonds is 5. The Morgan fingerprint density at radius 1 is 1.04 bits per heavy atom. The summed E-state index contributed by atoms with van der Waals surface area (Å²) in [6.07, 6.45) is 4.08. The molecule has 1 aliphatic rings. The average Bonchev–Trinajstić information content (AvgIpc) is 3.07. The van der Waals surface area contributed by atoms with E-state index >= 15 is 0 Å². The highest BCUT2D eigenvalue weighted by atomic mass is 16.2. The molecule has 1 aromatic heterocycles. The molecule has 1 amide bonds. The number of hydrogen-bond donors (Lipinski definition) is 1. The van der Waals surface area contributed by atoms with Crippen molar-refractivity contribution in [2.24, 2.45) is 0 Å². The van der Waals surface area contributed by atoms with Gasteiger partial charge in [0.05, 0.1) is 5.56 Å². The normalized spacial score (nSPS) is 15.5. The van der Waals surface area contributed by atoms with Gasteiger partial charge in [0.2, 0.25) is 0 Å². The summed E-state index contributed by atoms with van der Waals surface area (Å²) in [6.45, 7) is 6.77. The first-order valence-corrected chi connectivity index (χ1v) is 10.3. The summed E-state index contributed by atoms with van der Waals surface area (Å²) in [5, 5.41) is 4.65. The summed E-state index contributed by atoms with van der Waals surface area (Å²) in [6, 6.07) is 19.6. The van der Waals surface area contributed by atoms with Crippen LogP contribution in [0.25, 0.3) is 10.9 Å². The fourth-order valence-electron chi connectivity index (χ4n) is 4.22. The molecule has 28 heavy (non-hydrogen) atoms. The molecule has 2 heterocycles. The fourth-order valence-corrected chi connectivity index (χ4v) is 4.22. The minimum absolute atomic E-state index is 0.158. The Balaban J connectivity index is 1.56. The molecule has 0 spiro atoms. The number of nitrogens with zero attached hydrogens (tertiary/aromatic N) is 2. The third kappa shape index (κ3) is 3.97. The fraction of sp³-hybridized carbons (Fsp3) is 0.375. The number of aromatic nitrogens is 1. The molecule has 0 atom stereocenters. The molecule has 1 aliphatic heterocycles. The highest BCUT2D eigenvalue weighted by Gasteiger charge is 2.26. The molecule has 0 unspecified atom stereocenters. The summed E-state index contributed by atoms with van der Waals surface area (Å²) in [7, 11) is 0. The Morgan fingerprint density at radius 3 is 2.43 bits per heavy atom. The second-order valence-corrected chi connectivity index (χ2v) is 8.06. The molecule has 0 aliphatic carbocycles. The van der Waals surface area contributed by atoms with Gasteiger partial charge in [-0.05, 0) is 24.5 Å². The third-order valence-corrected chi connectivity index (χ3v) is 5.57. The topological polar surface area (TPSA) is 37.3 Å².